The van der Waals surface area contributed by atoms with Crippen LogP contribution in [0.2, 0.25) is 0 Å². The van der Waals surface area contributed by atoms with Gasteiger partial charge in [0.15, 0.2) is 5.11 Å². The van der Waals surface area contributed by atoms with E-state index in [1.807, 2.05) is 24.3 Å². The molecule has 0 radical (unpaired) electrons. The van der Waals surface area contributed by atoms with Gasteiger partial charge in [0, 0.05) is 18.7 Å². The van der Waals surface area contributed by atoms with Crippen LogP contribution < -0.4 is 16.0 Å². The number of rotatable bonds is 4. The summed E-state index contributed by atoms with van der Waals surface area (Å²) >= 11 is 5.05. The summed E-state index contributed by atoms with van der Waals surface area (Å²) in [5, 5.41) is 8.36. The lowest BCUT2D eigenvalue weighted by atomic mass is 10.1. The summed E-state index contributed by atoms with van der Waals surface area (Å²) in [5.74, 6) is -0.283. The fourth-order valence-corrected chi connectivity index (χ4v) is 1.62. The summed E-state index contributed by atoms with van der Waals surface area (Å²) in [6, 6.07) is 7.30. The zero-order chi connectivity index (χ0) is 15.1. The van der Waals surface area contributed by atoms with E-state index in [0.717, 1.165) is 11.3 Å². The van der Waals surface area contributed by atoms with Crippen LogP contribution in [0.15, 0.2) is 24.3 Å². The summed E-state index contributed by atoms with van der Waals surface area (Å²) in [4.78, 5) is 22.7. The van der Waals surface area contributed by atoms with Gasteiger partial charge in [-0.05, 0) is 29.9 Å². The second kappa shape index (κ2) is 7.59. The topological polar surface area (TPSA) is 70.2 Å². The molecule has 20 heavy (non-hydrogen) atoms. The first-order valence-electron chi connectivity index (χ1n) is 6.33. The fraction of sp³-hybridized carbons (Fsp3) is 0.357. The number of hydrogen-bond acceptors (Lipinski definition) is 3. The number of carbonyl (C=O) groups is 2. The minimum absolute atomic E-state index is 0.0366. The van der Waals surface area contributed by atoms with Crippen LogP contribution in [0.1, 0.15) is 19.4 Å². The lowest BCUT2D eigenvalue weighted by Gasteiger charge is -2.11. The van der Waals surface area contributed by atoms with Gasteiger partial charge in [-0.2, -0.15) is 0 Å². The molecule has 6 heteroatoms. The molecular weight excluding hydrogens is 274 g/mol. The van der Waals surface area contributed by atoms with E-state index in [0.29, 0.717) is 6.42 Å². The number of benzene rings is 1. The normalized spacial score (nSPS) is 10.0. The van der Waals surface area contributed by atoms with Crippen LogP contribution >= 0.6 is 12.2 Å². The van der Waals surface area contributed by atoms with Crippen molar-refractivity contribution in [3.8, 4) is 0 Å². The molecule has 0 heterocycles. The number of amides is 2. The van der Waals surface area contributed by atoms with Gasteiger partial charge in [-0.1, -0.05) is 26.0 Å². The van der Waals surface area contributed by atoms with E-state index in [2.05, 4.69) is 16.0 Å². The third-order valence-corrected chi connectivity index (χ3v) is 2.82. The van der Waals surface area contributed by atoms with Crippen LogP contribution in [0, 0.1) is 5.92 Å². The Morgan fingerprint density at radius 3 is 2.30 bits per heavy atom. The smallest absolute Gasteiger partial charge is 0.228 e. The Balaban J connectivity index is 2.55. The molecule has 0 atom stereocenters. The minimum atomic E-state index is -0.126. The quantitative estimate of drug-likeness (QED) is 0.735. The lowest BCUT2D eigenvalue weighted by molar-refractivity contribution is -0.122. The van der Waals surface area contributed by atoms with Gasteiger partial charge in [0.25, 0.3) is 0 Å². The van der Waals surface area contributed by atoms with Gasteiger partial charge < -0.3 is 16.0 Å². The van der Waals surface area contributed by atoms with E-state index in [4.69, 9.17) is 12.2 Å². The number of hydrogen-bond donors (Lipinski definition) is 3. The maximum absolute atomic E-state index is 11.5. The average molecular weight is 293 g/mol. The SMILES string of the molecule is CNC(=O)Cc1ccc(NC(=S)NC(=O)C(C)C)cc1. The molecule has 1 aromatic rings. The van der Waals surface area contributed by atoms with Crippen LogP contribution in [0.25, 0.3) is 0 Å². The Labute approximate surface area is 124 Å². The molecule has 108 valence electrons. The fourth-order valence-electron chi connectivity index (χ4n) is 1.40. The van der Waals surface area contributed by atoms with E-state index in [1.54, 1.807) is 20.9 Å². The van der Waals surface area contributed by atoms with E-state index in [-0.39, 0.29) is 22.8 Å². The van der Waals surface area contributed by atoms with E-state index in [1.165, 1.54) is 0 Å². The van der Waals surface area contributed by atoms with Crippen molar-refractivity contribution < 1.29 is 9.59 Å². The molecule has 2 amide bonds. The van der Waals surface area contributed by atoms with Crippen molar-refractivity contribution in [2.75, 3.05) is 12.4 Å². The largest absolute Gasteiger partial charge is 0.359 e. The summed E-state index contributed by atoms with van der Waals surface area (Å²) in [6.45, 7) is 3.59. The molecule has 0 saturated heterocycles. The molecule has 1 rings (SSSR count). The van der Waals surface area contributed by atoms with Crippen molar-refractivity contribution in [2.24, 2.45) is 5.92 Å². The van der Waals surface area contributed by atoms with Gasteiger partial charge in [-0.25, -0.2) is 0 Å². The second-order valence-electron chi connectivity index (χ2n) is 4.64. The predicted molar refractivity (Wildman–Crippen MR) is 83.4 cm³/mol. The summed E-state index contributed by atoms with van der Waals surface area (Å²) in [5.41, 5.74) is 1.67. The van der Waals surface area contributed by atoms with Crippen molar-refractivity contribution in [3.63, 3.8) is 0 Å². The Hall–Kier alpha value is -1.95. The molecule has 0 aliphatic rings. The highest BCUT2D eigenvalue weighted by molar-refractivity contribution is 7.80. The number of nitrogens with one attached hydrogen (secondary N) is 3. The maximum atomic E-state index is 11.5. The van der Waals surface area contributed by atoms with Crippen molar-refractivity contribution in [3.05, 3.63) is 29.8 Å². The average Bonchev–Trinajstić information content (AvgIpc) is 2.40. The van der Waals surface area contributed by atoms with Crippen LogP contribution in [-0.2, 0) is 16.0 Å². The molecule has 0 unspecified atom stereocenters. The number of likely N-dealkylation sites (N-methyl/N-ethyl adjacent to an activating group) is 1. The van der Waals surface area contributed by atoms with Crippen molar-refractivity contribution in [2.45, 2.75) is 20.3 Å². The monoisotopic (exact) mass is 293 g/mol. The molecule has 0 aliphatic carbocycles. The van der Waals surface area contributed by atoms with Crippen LogP contribution in [-0.4, -0.2) is 24.0 Å². The summed E-state index contributed by atoms with van der Waals surface area (Å²) in [6.07, 6.45) is 0.339. The first-order chi connectivity index (χ1) is 9.42. The molecule has 0 fully saturated rings. The highest BCUT2D eigenvalue weighted by Crippen LogP contribution is 2.10. The highest BCUT2D eigenvalue weighted by Gasteiger charge is 2.08. The summed E-state index contributed by atoms with van der Waals surface area (Å²) < 4.78 is 0. The third-order valence-electron chi connectivity index (χ3n) is 2.62. The van der Waals surface area contributed by atoms with Gasteiger partial charge in [0.1, 0.15) is 0 Å². The van der Waals surface area contributed by atoms with Crippen molar-refractivity contribution in [1.29, 1.82) is 0 Å². The maximum Gasteiger partial charge on any atom is 0.228 e. The molecule has 3 N–H and O–H groups in total. The van der Waals surface area contributed by atoms with Gasteiger partial charge in [0.2, 0.25) is 11.8 Å². The Kier molecular flexibility index (Phi) is 6.11. The lowest BCUT2D eigenvalue weighted by Crippen LogP contribution is -2.36. The number of anilines is 1. The Morgan fingerprint density at radius 1 is 1.20 bits per heavy atom. The molecule has 0 spiro atoms. The standard InChI is InChI=1S/C14H19N3O2S/c1-9(2)13(19)17-14(20)16-11-6-4-10(5-7-11)8-12(18)15-3/h4-7,9H,8H2,1-3H3,(H,15,18)(H2,16,17,19,20). The zero-order valence-corrected chi connectivity index (χ0v) is 12.6. The van der Waals surface area contributed by atoms with Gasteiger partial charge in [0.05, 0.1) is 6.42 Å². The van der Waals surface area contributed by atoms with Crippen LogP contribution in [0.5, 0.6) is 0 Å². The highest BCUT2D eigenvalue weighted by atomic mass is 32.1. The number of thiocarbonyl (C=S) groups is 1. The van der Waals surface area contributed by atoms with Crippen LogP contribution in [0.3, 0.4) is 0 Å². The molecule has 1 aromatic carbocycles. The molecule has 0 bridgehead atoms. The minimum Gasteiger partial charge on any atom is -0.359 e. The van der Waals surface area contributed by atoms with Crippen molar-refractivity contribution >= 4 is 34.8 Å². The Morgan fingerprint density at radius 2 is 1.80 bits per heavy atom. The van der Waals surface area contributed by atoms with Crippen LogP contribution in [0.4, 0.5) is 5.69 Å². The second-order valence-corrected chi connectivity index (χ2v) is 5.05. The van der Waals surface area contributed by atoms with E-state index >= 15 is 0 Å². The van der Waals surface area contributed by atoms with Gasteiger partial charge in [-0.3, -0.25) is 9.59 Å². The first kappa shape index (κ1) is 16.1. The van der Waals surface area contributed by atoms with Gasteiger partial charge in [-0.15, -0.1) is 0 Å². The van der Waals surface area contributed by atoms with Crippen molar-refractivity contribution in [1.82, 2.24) is 10.6 Å². The molecule has 5 nitrogen and oxygen atoms in total. The molecule has 0 aliphatic heterocycles. The molecule has 0 saturated carbocycles. The number of carbonyl (C=O) groups excluding carboxylic acids is 2. The molecule has 0 aromatic heterocycles. The van der Waals surface area contributed by atoms with E-state index < -0.39 is 0 Å². The van der Waals surface area contributed by atoms with E-state index in [9.17, 15) is 9.59 Å². The van der Waals surface area contributed by atoms with Gasteiger partial charge >= 0.3 is 0 Å². The molecular formula is C14H19N3O2S. The summed E-state index contributed by atoms with van der Waals surface area (Å²) in [7, 11) is 1.61. The third kappa shape index (κ3) is 5.36. The predicted octanol–water partition coefficient (Wildman–Crippen LogP) is 1.44. The first-order valence-corrected chi connectivity index (χ1v) is 6.74. The zero-order valence-electron chi connectivity index (χ0n) is 11.8. The Bertz CT molecular complexity index is 498.